The topological polar surface area (TPSA) is 96.5 Å². The highest BCUT2D eigenvalue weighted by atomic mass is 16.6. The van der Waals surface area contributed by atoms with E-state index in [0.717, 1.165) is 0 Å². The summed E-state index contributed by atoms with van der Waals surface area (Å²) in [7, 11) is 2.73. The van der Waals surface area contributed by atoms with Gasteiger partial charge in [0, 0.05) is 7.11 Å². The van der Waals surface area contributed by atoms with Gasteiger partial charge in [0.05, 0.1) is 26.9 Å². The van der Waals surface area contributed by atoms with E-state index in [1.165, 1.54) is 14.2 Å². The van der Waals surface area contributed by atoms with Crippen molar-refractivity contribution in [2.24, 2.45) is 0 Å². The Morgan fingerprint density at radius 1 is 1.46 bits per heavy atom. The number of aliphatic hydroxyl groups excluding tert-OH is 1. The molecule has 0 fully saturated rings. The van der Waals surface area contributed by atoms with Crippen molar-refractivity contribution in [3.63, 3.8) is 0 Å². The van der Waals surface area contributed by atoms with Crippen molar-refractivity contribution < 1.29 is 29.6 Å². The highest BCUT2D eigenvalue weighted by Gasteiger charge is 2.18. The molecule has 0 saturated heterocycles. The summed E-state index contributed by atoms with van der Waals surface area (Å²) in [6, 6.07) is 0. The van der Waals surface area contributed by atoms with Crippen molar-refractivity contribution in [2.45, 2.75) is 6.10 Å². The van der Waals surface area contributed by atoms with Crippen LogP contribution in [0.1, 0.15) is 0 Å². The van der Waals surface area contributed by atoms with Crippen LogP contribution >= 0.6 is 0 Å². The Morgan fingerprint density at radius 3 is 2.46 bits per heavy atom. The molecule has 0 spiro atoms. The maximum absolute atomic E-state index is 10.9. The molecule has 0 aliphatic carbocycles. The van der Waals surface area contributed by atoms with Gasteiger partial charge in [0.15, 0.2) is 6.10 Å². The van der Waals surface area contributed by atoms with E-state index in [1.807, 2.05) is 0 Å². The predicted octanol–water partition coefficient (Wildman–Crippen LogP) is -1.64. The summed E-state index contributed by atoms with van der Waals surface area (Å²) in [4.78, 5) is 10.9. The van der Waals surface area contributed by atoms with Crippen LogP contribution in [0, 0.1) is 0 Å². The first kappa shape index (κ1) is 14.8. The van der Waals surface area contributed by atoms with Crippen LogP contribution in [0.5, 0.6) is 0 Å². The standard InChI is InChI=1S/C7H14O5.H2O/c1-10-5-6(7(9)11-2)12-4-3-8;/h6,8H,3-5H2,1-2H3;1H2. The zero-order valence-corrected chi connectivity index (χ0v) is 7.78. The third-order valence-electron chi connectivity index (χ3n) is 1.19. The van der Waals surface area contributed by atoms with E-state index in [4.69, 9.17) is 14.6 Å². The minimum Gasteiger partial charge on any atom is -0.467 e. The molecule has 0 bridgehead atoms. The first-order valence-corrected chi connectivity index (χ1v) is 3.55. The molecule has 0 radical (unpaired) electrons. The van der Waals surface area contributed by atoms with E-state index < -0.39 is 12.1 Å². The van der Waals surface area contributed by atoms with E-state index in [0.29, 0.717) is 0 Å². The van der Waals surface area contributed by atoms with Crippen LogP contribution < -0.4 is 0 Å². The van der Waals surface area contributed by atoms with E-state index >= 15 is 0 Å². The lowest BCUT2D eigenvalue weighted by atomic mass is 10.4. The van der Waals surface area contributed by atoms with Gasteiger partial charge in [-0.15, -0.1) is 0 Å². The number of hydrogen-bond donors (Lipinski definition) is 1. The number of hydrogen-bond acceptors (Lipinski definition) is 5. The van der Waals surface area contributed by atoms with Gasteiger partial charge in [-0.2, -0.15) is 0 Å². The third kappa shape index (κ3) is 6.47. The number of rotatable bonds is 6. The number of carbonyl (C=O) groups excluding carboxylic acids is 1. The molecule has 0 saturated carbocycles. The summed E-state index contributed by atoms with van der Waals surface area (Å²) in [5.74, 6) is -0.495. The molecule has 1 atom stereocenters. The largest absolute Gasteiger partial charge is 0.467 e. The van der Waals surface area contributed by atoms with Gasteiger partial charge in [0.25, 0.3) is 0 Å². The smallest absolute Gasteiger partial charge is 0.337 e. The van der Waals surface area contributed by atoms with Crippen molar-refractivity contribution in [1.29, 1.82) is 0 Å². The van der Waals surface area contributed by atoms with Gasteiger partial charge in [0.2, 0.25) is 0 Å². The Kier molecular flexibility index (Phi) is 10.7. The third-order valence-corrected chi connectivity index (χ3v) is 1.19. The van der Waals surface area contributed by atoms with Gasteiger partial charge in [-0.3, -0.25) is 0 Å². The average molecular weight is 196 g/mol. The molecule has 0 aromatic rings. The van der Waals surface area contributed by atoms with Crippen molar-refractivity contribution in [1.82, 2.24) is 0 Å². The van der Waals surface area contributed by atoms with Gasteiger partial charge in [-0.1, -0.05) is 0 Å². The molecule has 0 rings (SSSR count). The molecule has 3 N–H and O–H groups in total. The van der Waals surface area contributed by atoms with E-state index in [-0.39, 0.29) is 25.3 Å². The maximum atomic E-state index is 10.9. The highest BCUT2D eigenvalue weighted by molar-refractivity contribution is 5.74. The molecule has 0 amide bonds. The Labute approximate surface area is 76.7 Å². The van der Waals surface area contributed by atoms with Crippen molar-refractivity contribution in [3.8, 4) is 0 Å². The van der Waals surface area contributed by atoms with Crippen LogP contribution in [-0.4, -0.2) is 56.7 Å². The van der Waals surface area contributed by atoms with Crippen LogP contribution in [0.25, 0.3) is 0 Å². The molecular weight excluding hydrogens is 180 g/mol. The second-order valence-electron chi connectivity index (χ2n) is 2.06. The molecule has 0 heterocycles. The fraction of sp³-hybridized carbons (Fsp3) is 0.857. The number of aliphatic hydroxyl groups is 1. The molecule has 0 aromatic carbocycles. The summed E-state index contributed by atoms with van der Waals surface area (Å²) in [6.45, 7) is 0.104. The van der Waals surface area contributed by atoms with Crippen molar-refractivity contribution >= 4 is 5.97 Å². The minimum absolute atomic E-state index is 0. The molecule has 6 heteroatoms. The van der Waals surface area contributed by atoms with Gasteiger partial charge < -0.3 is 24.8 Å². The molecule has 0 aliphatic heterocycles. The van der Waals surface area contributed by atoms with Gasteiger partial charge in [-0.05, 0) is 0 Å². The van der Waals surface area contributed by atoms with Crippen LogP contribution in [0.2, 0.25) is 0 Å². The Morgan fingerprint density at radius 2 is 2.08 bits per heavy atom. The molecule has 0 aromatic heterocycles. The monoisotopic (exact) mass is 196 g/mol. The second kappa shape index (κ2) is 9.40. The van der Waals surface area contributed by atoms with Crippen LogP contribution in [0.4, 0.5) is 0 Å². The first-order valence-electron chi connectivity index (χ1n) is 3.55. The second-order valence-corrected chi connectivity index (χ2v) is 2.06. The molecule has 6 nitrogen and oxygen atoms in total. The average Bonchev–Trinajstić information content (AvgIpc) is 2.11. The number of methoxy groups -OCH3 is 2. The summed E-state index contributed by atoms with van der Waals surface area (Å²) in [5, 5.41) is 8.42. The zero-order chi connectivity index (χ0) is 9.40. The fourth-order valence-corrected chi connectivity index (χ4v) is 0.662. The summed E-state index contributed by atoms with van der Waals surface area (Å²) in [6.07, 6.45) is -0.743. The van der Waals surface area contributed by atoms with Crippen LogP contribution in [0.15, 0.2) is 0 Å². The summed E-state index contributed by atoms with van der Waals surface area (Å²) in [5.41, 5.74) is 0. The van der Waals surface area contributed by atoms with E-state index in [9.17, 15) is 4.79 Å². The minimum atomic E-state index is -0.743. The molecule has 1 unspecified atom stereocenters. The van der Waals surface area contributed by atoms with Crippen molar-refractivity contribution in [3.05, 3.63) is 0 Å². The number of carbonyl (C=O) groups is 1. The lowest BCUT2D eigenvalue weighted by molar-refractivity contribution is -0.158. The SMILES string of the molecule is COCC(OCCO)C(=O)OC.O. The summed E-state index contributed by atoms with van der Waals surface area (Å²) >= 11 is 0. The van der Waals surface area contributed by atoms with E-state index in [2.05, 4.69) is 4.74 Å². The summed E-state index contributed by atoms with van der Waals surface area (Å²) < 4.78 is 14.1. The Hall–Kier alpha value is -0.690. The highest BCUT2D eigenvalue weighted by Crippen LogP contribution is 1.95. The predicted molar refractivity (Wildman–Crippen MR) is 44.3 cm³/mol. The Bertz CT molecular complexity index is 126. The number of esters is 1. The normalized spacial score (nSPS) is 11.6. The van der Waals surface area contributed by atoms with Crippen LogP contribution in [-0.2, 0) is 19.0 Å². The fourth-order valence-electron chi connectivity index (χ4n) is 0.662. The van der Waals surface area contributed by atoms with Gasteiger partial charge >= 0.3 is 5.97 Å². The lowest BCUT2D eigenvalue weighted by Gasteiger charge is -2.13. The Balaban J connectivity index is 0. The molecule has 80 valence electrons. The van der Waals surface area contributed by atoms with E-state index in [1.54, 1.807) is 0 Å². The van der Waals surface area contributed by atoms with Gasteiger partial charge in [0.1, 0.15) is 0 Å². The molecule has 0 aliphatic rings. The van der Waals surface area contributed by atoms with Crippen LogP contribution in [0.3, 0.4) is 0 Å². The van der Waals surface area contributed by atoms with Gasteiger partial charge in [-0.25, -0.2) is 4.79 Å². The quantitative estimate of drug-likeness (QED) is 0.514. The lowest BCUT2D eigenvalue weighted by Crippen LogP contribution is -2.31. The first-order chi connectivity index (χ1) is 5.76. The number of ether oxygens (including phenoxy) is 3. The molecule has 13 heavy (non-hydrogen) atoms. The van der Waals surface area contributed by atoms with Crippen molar-refractivity contribution in [2.75, 3.05) is 34.0 Å². The maximum Gasteiger partial charge on any atom is 0.337 e. The molecular formula is C7H16O6. The zero-order valence-electron chi connectivity index (χ0n) is 7.78.